The molecule has 5 aromatic carbocycles. The summed E-state index contributed by atoms with van der Waals surface area (Å²) in [5.41, 5.74) is 0.209. The number of ether oxygens (including phenoxy) is 2. The summed E-state index contributed by atoms with van der Waals surface area (Å²) in [4.78, 5) is 50.8. The van der Waals surface area contributed by atoms with E-state index in [1.54, 1.807) is 36.4 Å². The molecule has 5 aromatic rings. The van der Waals surface area contributed by atoms with Crippen LogP contribution in [0.4, 0.5) is 0 Å². The van der Waals surface area contributed by atoms with Crippen LogP contribution >= 0.6 is 0 Å². The molecule has 0 saturated heterocycles. The fourth-order valence-corrected chi connectivity index (χ4v) is 5.36. The largest absolute Gasteiger partial charge is 0.478 e. The zero-order chi connectivity index (χ0) is 28.6. The third-order valence-electron chi connectivity index (χ3n) is 7.26. The normalized spacial score (nSPS) is 11.4. The van der Waals surface area contributed by atoms with Crippen LogP contribution in [0.25, 0.3) is 43.1 Å². The number of fused-ring (bicyclic) bond motifs is 2. The lowest BCUT2D eigenvalue weighted by atomic mass is 9.84. The Kier molecular flexibility index (Phi) is 7.26. The first-order valence-electron chi connectivity index (χ1n) is 13.3. The number of hydrogen-bond acceptors (Lipinski definition) is 6. The second kappa shape index (κ2) is 10.8. The SMILES string of the molecule is CCCCOC(=O)c1ccc2c3ccc(C(=O)O)c4c(C(=O)O)ccc(c5ccc(C(=O)OCCCC)c1c25)c43. The minimum Gasteiger partial charge on any atom is -0.478 e. The molecule has 0 spiro atoms. The summed E-state index contributed by atoms with van der Waals surface area (Å²) in [6, 6.07) is 12.7. The Balaban J connectivity index is 1.91. The minimum absolute atomic E-state index is 0.120. The van der Waals surface area contributed by atoms with Gasteiger partial charge in [0.2, 0.25) is 0 Å². The van der Waals surface area contributed by atoms with Gasteiger partial charge in [0.1, 0.15) is 0 Å². The number of rotatable bonds is 10. The van der Waals surface area contributed by atoms with Crippen molar-refractivity contribution in [1.29, 1.82) is 0 Å². The summed E-state index contributed by atoms with van der Waals surface area (Å²) in [5, 5.41) is 23.9. The van der Waals surface area contributed by atoms with E-state index in [1.807, 2.05) is 13.8 Å². The highest BCUT2D eigenvalue weighted by Gasteiger charge is 2.26. The van der Waals surface area contributed by atoms with Crippen molar-refractivity contribution in [1.82, 2.24) is 0 Å². The molecule has 2 N–H and O–H groups in total. The zero-order valence-corrected chi connectivity index (χ0v) is 22.2. The molecule has 0 atom stereocenters. The molecule has 0 fully saturated rings. The minimum atomic E-state index is -1.24. The smallest absolute Gasteiger partial charge is 0.338 e. The molecule has 0 aliphatic heterocycles. The van der Waals surface area contributed by atoms with Gasteiger partial charge in [-0.3, -0.25) is 0 Å². The quantitative estimate of drug-likeness (QED) is 0.0835. The van der Waals surface area contributed by atoms with E-state index in [9.17, 15) is 29.4 Å². The molecule has 0 aliphatic carbocycles. The number of carbonyl (C=O) groups is 4. The lowest BCUT2D eigenvalue weighted by Gasteiger charge is -2.19. The molecule has 0 aliphatic rings. The van der Waals surface area contributed by atoms with Crippen LogP contribution in [0.5, 0.6) is 0 Å². The van der Waals surface area contributed by atoms with Crippen LogP contribution in [0.3, 0.4) is 0 Å². The van der Waals surface area contributed by atoms with Crippen molar-refractivity contribution in [3.63, 3.8) is 0 Å². The molecule has 0 aromatic heterocycles. The summed E-state index contributed by atoms with van der Waals surface area (Å²) in [6.45, 7) is 4.47. The van der Waals surface area contributed by atoms with E-state index >= 15 is 0 Å². The molecule has 0 heterocycles. The van der Waals surface area contributed by atoms with Gasteiger partial charge in [-0.25, -0.2) is 19.2 Å². The van der Waals surface area contributed by atoms with Gasteiger partial charge in [-0.15, -0.1) is 0 Å². The van der Waals surface area contributed by atoms with Gasteiger partial charge < -0.3 is 19.7 Å². The molecule has 0 radical (unpaired) electrons. The summed E-state index contributed by atoms with van der Waals surface area (Å²) < 4.78 is 11.1. The van der Waals surface area contributed by atoms with Crippen molar-refractivity contribution in [2.75, 3.05) is 13.2 Å². The Bertz CT molecular complexity index is 1690. The van der Waals surface area contributed by atoms with Crippen LogP contribution in [-0.4, -0.2) is 47.3 Å². The Hall–Kier alpha value is -4.72. The second-order valence-corrected chi connectivity index (χ2v) is 9.73. The molecule has 0 saturated carbocycles. The van der Waals surface area contributed by atoms with Crippen LogP contribution in [0.15, 0.2) is 48.5 Å². The number of benzene rings is 5. The third-order valence-corrected chi connectivity index (χ3v) is 7.26. The van der Waals surface area contributed by atoms with E-state index in [0.717, 1.165) is 12.8 Å². The van der Waals surface area contributed by atoms with E-state index in [0.29, 0.717) is 50.5 Å². The second-order valence-electron chi connectivity index (χ2n) is 9.73. The monoisotopic (exact) mass is 540 g/mol. The fourth-order valence-electron chi connectivity index (χ4n) is 5.36. The Labute approximate surface area is 229 Å². The molecule has 0 bridgehead atoms. The van der Waals surface area contributed by atoms with Crippen molar-refractivity contribution in [2.24, 2.45) is 0 Å². The number of carbonyl (C=O) groups excluding carboxylic acids is 2. The predicted octanol–water partition coefficient (Wildman–Crippen LogP) is 7.05. The van der Waals surface area contributed by atoms with Gasteiger partial charge in [0, 0.05) is 10.8 Å². The lowest BCUT2D eigenvalue weighted by molar-refractivity contribution is 0.0500. The van der Waals surface area contributed by atoms with Crippen molar-refractivity contribution in [3.05, 3.63) is 70.8 Å². The number of carboxylic acids is 2. The first-order valence-corrected chi connectivity index (χ1v) is 13.3. The maximum atomic E-state index is 13.3. The van der Waals surface area contributed by atoms with E-state index in [1.165, 1.54) is 12.1 Å². The number of hydrogen-bond donors (Lipinski definition) is 2. The molecule has 204 valence electrons. The molecule has 0 amide bonds. The highest BCUT2D eigenvalue weighted by atomic mass is 16.5. The summed E-state index contributed by atoms with van der Waals surface area (Å²) in [5.74, 6) is -3.59. The molecular formula is C32H28O8. The molecule has 40 heavy (non-hydrogen) atoms. The van der Waals surface area contributed by atoms with Gasteiger partial charge in [0.05, 0.1) is 35.5 Å². The topological polar surface area (TPSA) is 127 Å². The Morgan fingerprint density at radius 2 is 0.850 bits per heavy atom. The average molecular weight is 541 g/mol. The number of carboxylic acid groups (broad SMARTS) is 2. The van der Waals surface area contributed by atoms with Crippen LogP contribution in [-0.2, 0) is 9.47 Å². The van der Waals surface area contributed by atoms with Gasteiger partial charge in [-0.2, -0.15) is 0 Å². The van der Waals surface area contributed by atoms with Gasteiger partial charge in [0.25, 0.3) is 0 Å². The summed E-state index contributed by atoms with van der Waals surface area (Å²) >= 11 is 0. The first-order chi connectivity index (χ1) is 19.3. The van der Waals surface area contributed by atoms with Gasteiger partial charge in [-0.05, 0) is 69.4 Å². The van der Waals surface area contributed by atoms with E-state index in [4.69, 9.17) is 9.47 Å². The third kappa shape index (κ3) is 4.35. The fraction of sp³-hybridized carbons (Fsp3) is 0.250. The van der Waals surface area contributed by atoms with Crippen LogP contribution < -0.4 is 0 Å². The highest BCUT2D eigenvalue weighted by Crippen LogP contribution is 2.44. The number of unbranched alkanes of at least 4 members (excludes halogenated alkanes) is 2. The predicted molar refractivity (Wildman–Crippen MR) is 152 cm³/mol. The Morgan fingerprint density at radius 3 is 1.18 bits per heavy atom. The standard InChI is InChI=1S/C32H28O8/c1-3-5-15-39-31(37)23-13-9-19-17-7-11-21(29(33)34)27-22(30(35)36)12-8-18(25(17)27)20-10-14-24(28(23)26(19)20)32(38)40-16-6-4-2/h7-14H,3-6,15-16H2,1-2H3,(H,33,34)(H,35,36). The van der Waals surface area contributed by atoms with Crippen molar-refractivity contribution >= 4 is 67.0 Å². The molecule has 8 nitrogen and oxygen atoms in total. The maximum absolute atomic E-state index is 13.3. The number of aromatic carboxylic acids is 2. The van der Waals surface area contributed by atoms with Gasteiger partial charge >= 0.3 is 23.9 Å². The van der Waals surface area contributed by atoms with Crippen LogP contribution in [0.2, 0.25) is 0 Å². The molecule has 5 rings (SSSR count). The Morgan fingerprint density at radius 1 is 0.525 bits per heavy atom. The zero-order valence-electron chi connectivity index (χ0n) is 22.2. The van der Waals surface area contributed by atoms with Crippen molar-refractivity contribution < 1.29 is 38.9 Å². The van der Waals surface area contributed by atoms with Crippen LogP contribution in [0, 0.1) is 0 Å². The average Bonchev–Trinajstić information content (AvgIpc) is 2.94. The first kappa shape index (κ1) is 26.9. The number of esters is 2. The van der Waals surface area contributed by atoms with Crippen molar-refractivity contribution in [2.45, 2.75) is 39.5 Å². The maximum Gasteiger partial charge on any atom is 0.338 e. The lowest BCUT2D eigenvalue weighted by Crippen LogP contribution is -2.12. The van der Waals surface area contributed by atoms with Crippen LogP contribution in [0.1, 0.15) is 81.0 Å². The van der Waals surface area contributed by atoms with Crippen molar-refractivity contribution in [3.8, 4) is 0 Å². The van der Waals surface area contributed by atoms with Gasteiger partial charge in [-0.1, -0.05) is 51.0 Å². The van der Waals surface area contributed by atoms with E-state index < -0.39 is 23.9 Å². The van der Waals surface area contributed by atoms with E-state index in [2.05, 4.69) is 0 Å². The van der Waals surface area contributed by atoms with Gasteiger partial charge in [0.15, 0.2) is 0 Å². The summed E-state index contributed by atoms with van der Waals surface area (Å²) in [7, 11) is 0. The highest BCUT2D eigenvalue weighted by molar-refractivity contribution is 6.38. The molecular weight excluding hydrogens is 512 g/mol. The summed E-state index contributed by atoms with van der Waals surface area (Å²) in [6.07, 6.45) is 3.10. The molecule has 8 heteroatoms. The van der Waals surface area contributed by atoms with E-state index in [-0.39, 0.29) is 40.9 Å². The molecule has 0 unspecified atom stereocenters.